The van der Waals surface area contributed by atoms with Gasteiger partial charge in [-0.15, -0.1) is 0 Å². The molecule has 0 aromatic carbocycles. The highest BCUT2D eigenvalue weighted by atomic mass is 16.2. The lowest BCUT2D eigenvalue weighted by atomic mass is 9.90. The Balaban J connectivity index is 1.96. The van der Waals surface area contributed by atoms with E-state index < -0.39 is 0 Å². The SMILES string of the molecule is CC1CCN(C(=O)C2CNC2)C(CN)C1. The Morgan fingerprint density at radius 1 is 1.53 bits per heavy atom. The summed E-state index contributed by atoms with van der Waals surface area (Å²) < 4.78 is 0. The highest BCUT2D eigenvalue weighted by molar-refractivity contribution is 5.80. The van der Waals surface area contributed by atoms with Crippen molar-refractivity contribution in [1.82, 2.24) is 10.2 Å². The van der Waals surface area contributed by atoms with Crippen LogP contribution >= 0.6 is 0 Å². The van der Waals surface area contributed by atoms with E-state index in [1.807, 2.05) is 4.90 Å². The van der Waals surface area contributed by atoms with Crippen molar-refractivity contribution < 1.29 is 4.79 Å². The first-order valence-corrected chi connectivity index (χ1v) is 5.93. The highest BCUT2D eigenvalue weighted by Crippen LogP contribution is 2.24. The molecule has 0 saturated carbocycles. The number of rotatable bonds is 2. The molecule has 4 heteroatoms. The van der Waals surface area contributed by atoms with Crippen molar-refractivity contribution in [3.05, 3.63) is 0 Å². The van der Waals surface area contributed by atoms with Crippen LogP contribution in [0.1, 0.15) is 19.8 Å². The molecule has 1 amide bonds. The average molecular weight is 211 g/mol. The summed E-state index contributed by atoms with van der Waals surface area (Å²) in [4.78, 5) is 14.1. The first-order valence-electron chi connectivity index (χ1n) is 5.93. The molecule has 2 fully saturated rings. The Labute approximate surface area is 91.2 Å². The highest BCUT2D eigenvalue weighted by Gasteiger charge is 2.35. The van der Waals surface area contributed by atoms with Crippen molar-refractivity contribution in [2.24, 2.45) is 17.6 Å². The summed E-state index contributed by atoms with van der Waals surface area (Å²) in [6.07, 6.45) is 2.20. The van der Waals surface area contributed by atoms with Crippen LogP contribution in [-0.2, 0) is 4.79 Å². The van der Waals surface area contributed by atoms with Crippen LogP contribution in [0.5, 0.6) is 0 Å². The summed E-state index contributed by atoms with van der Waals surface area (Å²) in [5.74, 6) is 1.24. The summed E-state index contributed by atoms with van der Waals surface area (Å²) in [7, 11) is 0. The third kappa shape index (κ3) is 2.16. The van der Waals surface area contributed by atoms with Gasteiger partial charge in [-0.2, -0.15) is 0 Å². The molecule has 0 aliphatic carbocycles. The van der Waals surface area contributed by atoms with E-state index >= 15 is 0 Å². The molecule has 0 spiro atoms. The summed E-state index contributed by atoms with van der Waals surface area (Å²) in [5, 5.41) is 3.14. The Morgan fingerprint density at radius 3 is 2.80 bits per heavy atom. The Hall–Kier alpha value is -0.610. The Morgan fingerprint density at radius 2 is 2.27 bits per heavy atom. The number of carbonyl (C=O) groups excluding carboxylic acids is 1. The number of likely N-dealkylation sites (tertiary alicyclic amines) is 1. The quantitative estimate of drug-likeness (QED) is 0.664. The van der Waals surface area contributed by atoms with Gasteiger partial charge < -0.3 is 16.0 Å². The molecular weight excluding hydrogens is 190 g/mol. The zero-order chi connectivity index (χ0) is 10.8. The summed E-state index contributed by atoms with van der Waals surface area (Å²) in [6, 6.07) is 0.279. The molecule has 86 valence electrons. The monoisotopic (exact) mass is 211 g/mol. The van der Waals surface area contributed by atoms with Crippen LogP contribution < -0.4 is 11.1 Å². The maximum Gasteiger partial charge on any atom is 0.228 e. The van der Waals surface area contributed by atoms with E-state index in [4.69, 9.17) is 5.73 Å². The van der Waals surface area contributed by atoms with E-state index in [1.54, 1.807) is 0 Å². The predicted molar refractivity (Wildman–Crippen MR) is 59.3 cm³/mol. The zero-order valence-electron chi connectivity index (χ0n) is 9.41. The van der Waals surface area contributed by atoms with Crippen LogP contribution in [0.4, 0.5) is 0 Å². The van der Waals surface area contributed by atoms with Crippen LogP contribution in [0.3, 0.4) is 0 Å². The number of nitrogens with one attached hydrogen (secondary N) is 1. The number of hydrogen-bond donors (Lipinski definition) is 2. The summed E-state index contributed by atoms with van der Waals surface area (Å²) in [5.41, 5.74) is 5.74. The van der Waals surface area contributed by atoms with Gasteiger partial charge in [0.15, 0.2) is 0 Å². The van der Waals surface area contributed by atoms with Gasteiger partial charge in [0.1, 0.15) is 0 Å². The molecule has 0 aromatic heterocycles. The minimum Gasteiger partial charge on any atom is -0.338 e. The predicted octanol–water partition coefficient (Wildman–Crippen LogP) is -0.208. The lowest BCUT2D eigenvalue weighted by Gasteiger charge is -2.41. The molecule has 4 nitrogen and oxygen atoms in total. The second-order valence-corrected chi connectivity index (χ2v) is 4.91. The first-order chi connectivity index (χ1) is 7.22. The number of amides is 1. The third-order valence-electron chi connectivity index (χ3n) is 3.66. The van der Waals surface area contributed by atoms with E-state index in [9.17, 15) is 4.79 Å². The summed E-state index contributed by atoms with van der Waals surface area (Å²) >= 11 is 0. The van der Waals surface area contributed by atoms with Crippen LogP contribution in [0.15, 0.2) is 0 Å². The lowest BCUT2D eigenvalue weighted by molar-refractivity contribution is -0.141. The summed E-state index contributed by atoms with van der Waals surface area (Å²) in [6.45, 7) is 5.45. The van der Waals surface area contributed by atoms with Crippen LogP contribution in [0, 0.1) is 11.8 Å². The molecule has 0 aromatic rings. The van der Waals surface area contributed by atoms with E-state index in [2.05, 4.69) is 12.2 Å². The normalized spacial score (nSPS) is 32.5. The molecule has 2 atom stereocenters. The van der Waals surface area contributed by atoms with Gasteiger partial charge in [-0.3, -0.25) is 4.79 Å². The van der Waals surface area contributed by atoms with Gasteiger partial charge >= 0.3 is 0 Å². The molecule has 15 heavy (non-hydrogen) atoms. The second kappa shape index (κ2) is 4.49. The number of hydrogen-bond acceptors (Lipinski definition) is 3. The van der Waals surface area contributed by atoms with Crippen LogP contribution in [0.25, 0.3) is 0 Å². The maximum atomic E-state index is 12.1. The maximum absolute atomic E-state index is 12.1. The molecular formula is C11H21N3O. The van der Waals surface area contributed by atoms with E-state index in [0.29, 0.717) is 18.4 Å². The van der Waals surface area contributed by atoms with Gasteiger partial charge in [-0.25, -0.2) is 0 Å². The lowest BCUT2D eigenvalue weighted by Crippen LogP contribution is -2.57. The molecule has 2 rings (SSSR count). The van der Waals surface area contributed by atoms with Gasteiger partial charge in [0.05, 0.1) is 5.92 Å². The van der Waals surface area contributed by atoms with Crippen LogP contribution in [-0.4, -0.2) is 43.0 Å². The third-order valence-corrected chi connectivity index (χ3v) is 3.66. The van der Waals surface area contributed by atoms with Crippen molar-refractivity contribution >= 4 is 5.91 Å². The van der Waals surface area contributed by atoms with Crippen molar-refractivity contribution in [2.45, 2.75) is 25.8 Å². The van der Waals surface area contributed by atoms with Crippen molar-refractivity contribution in [3.8, 4) is 0 Å². The minimum absolute atomic E-state index is 0.215. The Bertz CT molecular complexity index is 240. The number of nitrogens with zero attached hydrogens (tertiary/aromatic N) is 1. The van der Waals surface area contributed by atoms with E-state index in [0.717, 1.165) is 32.5 Å². The Kier molecular flexibility index (Phi) is 3.26. The van der Waals surface area contributed by atoms with E-state index in [-0.39, 0.29) is 12.0 Å². The molecule has 2 saturated heterocycles. The smallest absolute Gasteiger partial charge is 0.228 e. The van der Waals surface area contributed by atoms with Crippen molar-refractivity contribution in [2.75, 3.05) is 26.2 Å². The molecule has 2 aliphatic heterocycles. The minimum atomic E-state index is 0.215. The molecule has 2 aliphatic rings. The van der Waals surface area contributed by atoms with Gasteiger partial charge in [0.2, 0.25) is 5.91 Å². The number of piperidine rings is 1. The van der Waals surface area contributed by atoms with Gasteiger partial charge in [0.25, 0.3) is 0 Å². The largest absolute Gasteiger partial charge is 0.338 e. The fourth-order valence-electron chi connectivity index (χ4n) is 2.46. The number of carbonyl (C=O) groups is 1. The fourth-order valence-corrected chi connectivity index (χ4v) is 2.46. The average Bonchev–Trinajstić information content (AvgIpc) is 2.14. The topological polar surface area (TPSA) is 58.4 Å². The van der Waals surface area contributed by atoms with Crippen LogP contribution in [0.2, 0.25) is 0 Å². The molecule has 0 bridgehead atoms. The molecule has 3 N–H and O–H groups in total. The van der Waals surface area contributed by atoms with Crippen molar-refractivity contribution in [3.63, 3.8) is 0 Å². The fraction of sp³-hybridized carbons (Fsp3) is 0.909. The standard InChI is InChI=1S/C11H21N3O/c1-8-2-3-14(10(4-8)5-12)11(15)9-6-13-7-9/h8-10,13H,2-7,12H2,1H3. The first kappa shape index (κ1) is 10.9. The number of nitrogens with two attached hydrogens (primary N) is 1. The molecule has 2 heterocycles. The molecule has 0 radical (unpaired) electrons. The van der Waals surface area contributed by atoms with Gasteiger partial charge in [-0.1, -0.05) is 6.92 Å². The molecule has 2 unspecified atom stereocenters. The van der Waals surface area contributed by atoms with Gasteiger partial charge in [0, 0.05) is 32.2 Å². The van der Waals surface area contributed by atoms with E-state index in [1.165, 1.54) is 0 Å². The zero-order valence-corrected chi connectivity index (χ0v) is 9.41. The second-order valence-electron chi connectivity index (χ2n) is 4.91. The van der Waals surface area contributed by atoms with Crippen molar-refractivity contribution in [1.29, 1.82) is 0 Å². The van der Waals surface area contributed by atoms with Gasteiger partial charge in [-0.05, 0) is 18.8 Å².